The number of hydrogen-bond donors (Lipinski definition) is 1. The Morgan fingerprint density at radius 1 is 1.19 bits per heavy atom. The molecular formula is C17H19BrFNS. The van der Waals surface area contributed by atoms with Crippen molar-refractivity contribution < 1.29 is 4.39 Å². The highest BCUT2D eigenvalue weighted by molar-refractivity contribution is 9.10. The van der Waals surface area contributed by atoms with Gasteiger partial charge >= 0.3 is 0 Å². The van der Waals surface area contributed by atoms with Crippen LogP contribution in [-0.2, 0) is 12.3 Å². The van der Waals surface area contributed by atoms with E-state index in [1.807, 2.05) is 6.07 Å². The Bertz CT molecular complexity index is 601. The number of thioether (sulfide) groups is 1. The van der Waals surface area contributed by atoms with Gasteiger partial charge in [0.2, 0.25) is 0 Å². The van der Waals surface area contributed by atoms with Gasteiger partial charge in [0, 0.05) is 27.7 Å². The van der Waals surface area contributed by atoms with E-state index in [0.717, 1.165) is 21.5 Å². The molecule has 0 amide bonds. The molecule has 0 bridgehead atoms. The smallest absolute Gasteiger partial charge is 0.127 e. The second-order valence-electron chi connectivity index (χ2n) is 5.21. The van der Waals surface area contributed by atoms with Crippen molar-refractivity contribution >= 4 is 27.7 Å². The SMILES string of the molecule is CC(C)NCc1cccc(SCc2cc(Br)ccc2F)c1. The Morgan fingerprint density at radius 2 is 2.00 bits per heavy atom. The molecule has 0 fully saturated rings. The molecule has 0 unspecified atom stereocenters. The van der Waals surface area contributed by atoms with Crippen LogP contribution < -0.4 is 5.32 Å². The zero-order valence-electron chi connectivity index (χ0n) is 12.2. The first-order valence-electron chi connectivity index (χ1n) is 6.93. The molecule has 0 radical (unpaired) electrons. The van der Waals surface area contributed by atoms with Crippen molar-refractivity contribution in [2.75, 3.05) is 0 Å². The van der Waals surface area contributed by atoms with Gasteiger partial charge in [-0.1, -0.05) is 41.9 Å². The maximum atomic E-state index is 13.7. The van der Waals surface area contributed by atoms with Crippen molar-refractivity contribution in [2.24, 2.45) is 0 Å². The van der Waals surface area contributed by atoms with Gasteiger partial charge in [-0.15, -0.1) is 11.8 Å². The van der Waals surface area contributed by atoms with Crippen molar-refractivity contribution in [3.05, 3.63) is 63.9 Å². The molecule has 4 heteroatoms. The topological polar surface area (TPSA) is 12.0 Å². The van der Waals surface area contributed by atoms with Crippen molar-refractivity contribution in [3.63, 3.8) is 0 Å². The summed E-state index contributed by atoms with van der Waals surface area (Å²) in [5.41, 5.74) is 1.98. The lowest BCUT2D eigenvalue weighted by Crippen LogP contribution is -2.21. The third-order valence-corrected chi connectivity index (χ3v) is 4.55. The molecule has 0 aromatic heterocycles. The predicted molar refractivity (Wildman–Crippen MR) is 92.1 cm³/mol. The summed E-state index contributed by atoms with van der Waals surface area (Å²) < 4.78 is 14.6. The summed E-state index contributed by atoms with van der Waals surface area (Å²) in [6, 6.07) is 13.9. The average molecular weight is 368 g/mol. The van der Waals surface area contributed by atoms with Gasteiger partial charge in [-0.2, -0.15) is 0 Å². The van der Waals surface area contributed by atoms with Crippen molar-refractivity contribution in [2.45, 2.75) is 37.1 Å². The summed E-state index contributed by atoms with van der Waals surface area (Å²) in [6.45, 7) is 5.13. The van der Waals surface area contributed by atoms with Crippen LogP contribution in [0.15, 0.2) is 51.8 Å². The Labute approximate surface area is 138 Å². The maximum Gasteiger partial charge on any atom is 0.127 e. The van der Waals surface area contributed by atoms with Crippen LogP contribution in [0.25, 0.3) is 0 Å². The van der Waals surface area contributed by atoms with Crippen LogP contribution in [0.3, 0.4) is 0 Å². The zero-order valence-corrected chi connectivity index (χ0v) is 14.6. The molecule has 0 saturated carbocycles. The maximum absolute atomic E-state index is 13.7. The largest absolute Gasteiger partial charge is 0.310 e. The van der Waals surface area contributed by atoms with Crippen LogP contribution in [0.1, 0.15) is 25.0 Å². The molecule has 2 aromatic rings. The number of halogens is 2. The van der Waals surface area contributed by atoms with Crippen molar-refractivity contribution in [1.82, 2.24) is 5.32 Å². The molecule has 112 valence electrons. The zero-order chi connectivity index (χ0) is 15.2. The van der Waals surface area contributed by atoms with E-state index in [1.54, 1.807) is 17.8 Å². The van der Waals surface area contributed by atoms with E-state index in [1.165, 1.54) is 11.6 Å². The molecule has 0 spiro atoms. The van der Waals surface area contributed by atoms with Crippen LogP contribution in [-0.4, -0.2) is 6.04 Å². The minimum Gasteiger partial charge on any atom is -0.310 e. The fourth-order valence-electron chi connectivity index (χ4n) is 1.88. The molecule has 21 heavy (non-hydrogen) atoms. The standard InChI is InChI=1S/C17H19BrFNS/c1-12(2)20-10-13-4-3-5-16(8-13)21-11-14-9-15(18)6-7-17(14)19/h3-9,12,20H,10-11H2,1-2H3. The average Bonchev–Trinajstić information content (AvgIpc) is 2.46. The van der Waals surface area contributed by atoms with Crippen LogP contribution in [0.2, 0.25) is 0 Å². The van der Waals surface area contributed by atoms with Gasteiger partial charge in [-0.05, 0) is 41.5 Å². The minimum absolute atomic E-state index is 0.150. The number of nitrogens with one attached hydrogen (secondary N) is 1. The monoisotopic (exact) mass is 367 g/mol. The highest BCUT2D eigenvalue weighted by atomic mass is 79.9. The first-order chi connectivity index (χ1) is 10.0. The van der Waals surface area contributed by atoms with Gasteiger partial charge in [0.15, 0.2) is 0 Å². The molecule has 0 saturated heterocycles. The highest BCUT2D eigenvalue weighted by Crippen LogP contribution is 2.26. The van der Waals surface area contributed by atoms with Crippen molar-refractivity contribution in [1.29, 1.82) is 0 Å². The Morgan fingerprint density at radius 3 is 2.76 bits per heavy atom. The third kappa shape index (κ3) is 5.46. The van der Waals surface area contributed by atoms with E-state index < -0.39 is 0 Å². The van der Waals surface area contributed by atoms with Crippen molar-refractivity contribution in [3.8, 4) is 0 Å². The van der Waals surface area contributed by atoms with Crippen LogP contribution >= 0.6 is 27.7 Å². The van der Waals surface area contributed by atoms with Crippen LogP contribution in [0.5, 0.6) is 0 Å². The summed E-state index contributed by atoms with van der Waals surface area (Å²) in [5.74, 6) is 0.482. The van der Waals surface area contributed by atoms with E-state index in [0.29, 0.717) is 11.8 Å². The van der Waals surface area contributed by atoms with E-state index in [2.05, 4.69) is 59.4 Å². The van der Waals surface area contributed by atoms with Gasteiger partial charge in [0.25, 0.3) is 0 Å². The lowest BCUT2D eigenvalue weighted by atomic mass is 10.2. The van der Waals surface area contributed by atoms with Gasteiger partial charge in [-0.25, -0.2) is 4.39 Å². The van der Waals surface area contributed by atoms with Gasteiger partial charge in [0.1, 0.15) is 5.82 Å². The van der Waals surface area contributed by atoms with Gasteiger partial charge in [0.05, 0.1) is 0 Å². The summed E-state index contributed by atoms with van der Waals surface area (Å²) in [4.78, 5) is 1.16. The van der Waals surface area contributed by atoms with E-state index in [4.69, 9.17) is 0 Å². The van der Waals surface area contributed by atoms with E-state index >= 15 is 0 Å². The highest BCUT2D eigenvalue weighted by Gasteiger charge is 2.04. The van der Waals surface area contributed by atoms with E-state index in [-0.39, 0.29) is 5.82 Å². The number of hydrogen-bond acceptors (Lipinski definition) is 2. The Kier molecular flexibility index (Phi) is 6.27. The van der Waals surface area contributed by atoms with Crippen LogP contribution in [0, 0.1) is 5.82 Å². The molecule has 0 aliphatic carbocycles. The summed E-state index contributed by atoms with van der Waals surface area (Å²) in [7, 11) is 0. The second kappa shape index (κ2) is 7.97. The normalized spacial score (nSPS) is 11.1. The fourth-order valence-corrected chi connectivity index (χ4v) is 3.24. The fraction of sp³-hybridized carbons (Fsp3) is 0.294. The molecule has 2 rings (SSSR count). The third-order valence-electron chi connectivity index (χ3n) is 3.01. The molecule has 1 nitrogen and oxygen atoms in total. The lowest BCUT2D eigenvalue weighted by Gasteiger charge is -2.09. The Balaban J connectivity index is 1.99. The first-order valence-corrected chi connectivity index (χ1v) is 8.71. The summed E-state index contributed by atoms with van der Waals surface area (Å²) >= 11 is 5.04. The molecule has 1 N–H and O–H groups in total. The molecule has 0 atom stereocenters. The molecule has 0 aliphatic rings. The predicted octanol–water partition coefficient (Wildman–Crippen LogP) is 5.38. The van der Waals surface area contributed by atoms with E-state index in [9.17, 15) is 4.39 Å². The van der Waals surface area contributed by atoms with Gasteiger partial charge < -0.3 is 5.32 Å². The molecule has 0 heterocycles. The molecule has 2 aromatic carbocycles. The summed E-state index contributed by atoms with van der Waals surface area (Å²) in [5, 5.41) is 3.40. The molecular weight excluding hydrogens is 349 g/mol. The quantitative estimate of drug-likeness (QED) is 0.687. The molecule has 0 aliphatic heterocycles. The second-order valence-corrected chi connectivity index (χ2v) is 7.17. The lowest BCUT2D eigenvalue weighted by molar-refractivity contribution is 0.588. The number of benzene rings is 2. The summed E-state index contributed by atoms with van der Waals surface area (Å²) in [6.07, 6.45) is 0. The number of rotatable bonds is 6. The minimum atomic E-state index is -0.150. The Hall–Kier alpha value is -0.840. The van der Waals surface area contributed by atoms with Gasteiger partial charge in [-0.3, -0.25) is 0 Å². The van der Waals surface area contributed by atoms with Crippen LogP contribution in [0.4, 0.5) is 4.39 Å². The first kappa shape index (κ1) is 16.5.